The third-order valence-electron chi connectivity index (χ3n) is 2.38. The second-order valence-electron chi connectivity index (χ2n) is 3.34. The number of halogens is 1. The molecule has 0 aliphatic heterocycles. The van der Waals surface area contributed by atoms with E-state index in [1.54, 1.807) is 0 Å². The maximum atomic E-state index is 10.6. The van der Waals surface area contributed by atoms with Crippen LogP contribution in [0.4, 0.5) is 0 Å². The van der Waals surface area contributed by atoms with Gasteiger partial charge in [-0.15, -0.1) is 0 Å². The highest BCUT2D eigenvalue weighted by Crippen LogP contribution is 2.47. The molecule has 1 aromatic rings. The lowest BCUT2D eigenvalue weighted by molar-refractivity contribution is -0.138. The van der Waals surface area contributed by atoms with Crippen LogP contribution in [0, 0.1) is 5.92 Å². The number of benzene rings is 1. The van der Waals surface area contributed by atoms with E-state index in [2.05, 4.69) is 15.9 Å². The predicted molar refractivity (Wildman–Crippen MR) is 52.6 cm³/mol. The Bertz CT molecular complexity index is 349. The van der Waals surface area contributed by atoms with Crippen LogP contribution in [0.5, 0.6) is 0 Å². The van der Waals surface area contributed by atoms with Crippen LogP contribution in [0.1, 0.15) is 17.9 Å². The van der Waals surface area contributed by atoms with Gasteiger partial charge in [-0.05, 0) is 30.0 Å². The number of carbonyl (C=O) groups is 1. The number of hydrogen-bond donors (Lipinski definition) is 1. The monoisotopic (exact) mass is 240 g/mol. The molecule has 1 N–H and O–H groups in total. The molecule has 0 aromatic heterocycles. The summed E-state index contributed by atoms with van der Waals surface area (Å²) >= 11 is 3.37. The number of carboxylic acid groups (broad SMARTS) is 1. The first-order valence-electron chi connectivity index (χ1n) is 4.17. The van der Waals surface area contributed by atoms with Crippen molar-refractivity contribution in [3.63, 3.8) is 0 Å². The molecular weight excluding hydrogens is 232 g/mol. The molecule has 0 saturated heterocycles. The minimum atomic E-state index is -0.676. The molecule has 2 atom stereocenters. The molecule has 0 bridgehead atoms. The summed E-state index contributed by atoms with van der Waals surface area (Å²) in [5.74, 6) is -0.603. The van der Waals surface area contributed by atoms with Crippen molar-refractivity contribution in [3.05, 3.63) is 34.3 Å². The summed E-state index contributed by atoms with van der Waals surface area (Å²) in [6.45, 7) is 0. The first kappa shape index (κ1) is 8.75. The van der Waals surface area contributed by atoms with Gasteiger partial charge in [0.05, 0.1) is 5.92 Å². The topological polar surface area (TPSA) is 37.3 Å². The van der Waals surface area contributed by atoms with Crippen molar-refractivity contribution in [1.29, 1.82) is 0 Å². The zero-order chi connectivity index (χ0) is 9.42. The van der Waals surface area contributed by atoms with Gasteiger partial charge in [0.25, 0.3) is 0 Å². The van der Waals surface area contributed by atoms with E-state index >= 15 is 0 Å². The Morgan fingerprint density at radius 1 is 1.54 bits per heavy atom. The number of hydrogen-bond acceptors (Lipinski definition) is 1. The van der Waals surface area contributed by atoms with E-state index in [-0.39, 0.29) is 11.8 Å². The molecule has 0 amide bonds. The van der Waals surface area contributed by atoms with E-state index < -0.39 is 5.97 Å². The van der Waals surface area contributed by atoms with Crippen LogP contribution in [0.25, 0.3) is 0 Å². The van der Waals surface area contributed by atoms with Crippen LogP contribution in [-0.4, -0.2) is 11.1 Å². The van der Waals surface area contributed by atoms with Gasteiger partial charge in [0.15, 0.2) is 0 Å². The normalized spacial score (nSPS) is 25.6. The van der Waals surface area contributed by atoms with Gasteiger partial charge < -0.3 is 5.11 Å². The Balaban J connectivity index is 2.16. The SMILES string of the molecule is O=C(O)[C@H]1C[C@@H]1c1cccc(Br)c1. The van der Waals surface area contributed by atoms with Crippen molar-refractivity contribution in [3.8, 4) is 0 Å². The highest BCUT2D eigenvalue weighted by molar-refractivity contribution is 9.10. The second kappa shape index (κ2) is 3.14. The minimum Gasteiger partial charge on any atom is -0.481 e. The summed E-state index contributed by atoms with van der Waals surface area (Å²) in [5, 5.41) is 8.74. The molecule has 2 nitrogen and oxygen atoms in total. The molecular formula is C10H9BrO2. The summed E-state index contributed by atoms with van der Waals surface area (Å²) in [6.07, 6.45) is 0.784. The molecule has 0 radical (unpaired) electrons. The Morgan fingerprint density at radius 3 is 2.85 bits per heavy atom. The fraction of sp³-hybridized carbons (Fsp3) is 0.300. The van der Waals surface area contributed by atoms with Crippen molar-refractivity contribution < 1.29 is 9.90 Å². The second-order valence-corrected chi connectivity index (χ2v) is 4.26. The minimum absolute atomic E-state index is 0.158. The van der Waals surface area contributed by atoms with Crippen LogP contribution >= 0.6 is 15.9 Å². The maximum absolute atomic E-state index is 10.6. The van der Waals surface area contributed by atoms with Crippen molar-refractivity contribution in [2.45, 2.75) is 12.3 Å². The third-order valence-corrected chi connectivity index (χ3v) is 2.88. The van der Waals surface area contributed by atoms with Crippen molar-refractivity contribution >= 4 is 21.9 Å². The van der Waals surface area contributed by atoms with Gasteiger partial charge in [0.1, 0.15) is 0 Å². The zero-order valence-corrected chi connectivity index (χ0v) is 8.49. The third kappa shape index (κ3) is 1.75. The highest BCUT2D eigenvalue weighted by Gasteiger charge is 2.44. The lowest BCUT2D eigenvalue weighted by Gasteiger charge is -1.98. The van der Waals surface area contributed by atoms with E-state index in [0.29, 0.717) is 0 Å². The molecule has 0 heterocycles. The molecule has 0 unspecified atom stereocenters. The molecule has 68 valence electrons. The van der Waals surface area contributed by atoms with Gasteiger partial charge >= 0.3 is 5.97 Å². The van der Waals surface area contributed by atoms with Crippen LogP contribution in [0.3, 0.4) is 0 Å². The molecule has 0 spiro atoms. The largest absolute Gasteiger partial charge is 0.481 e. The molecule has 3 heteroatoms. The molecule has 1 aromatic carbocycles. The van der Waals surface area contributed by atoms with E-state index in [4.69, 9.17) is 5.11 Å². The van der Waals surface area contributed by atoms with E-state index in [1.807, 2.05) is 24.3 Å². The lowest BCUT2D eigenvalue weighted by atomic mass is 10.1. The fourth-order valence-corrected chi connectivity index (χ4v) is 1.99. The maximum Gasteiger partial charge on any atom is 0.307 e. The number of carboxylic acids is 1. The standard InChI is InChI=1S/C10H9BrO2/c11-7-3-1-2-6(4-7)8-5-9(8)10(12)13/h1-4,8-9H,5H2,(H,12,13)/t8-,9+/m1/s1. The van der Waals surface area contributed by atoms with Crippen molar-refractivity contribution in [1.82, 2.24) is 0 Å². The first-order valence-corrected chi connectivity index (χ1v) is 4.96. The molecule has 1 fully saturated rings. The average molecular weight is 241 g/mol. The molecule has 13 heavy (non-hydrogen) atoms. The van der Waals surface area contributed by atoms with Gasteiger partial charge in [-0.1, -0.05) is 28.1 Å². The summed E-state index contributed by atoms with van der Waals surface area (Å²) in [5.41, 5.74) is 1.13. The summed E-state index contributed by atoms with van der Waals surface area (Å²) in [7, 11) is 0. The van der Waals surface area contributed by atoms with Crippen LogP contribution in [0.2, 0.25) is 0 Å². The van der Waals surface area contributed by atoms with Gasteiger partial charge in [-0.25, -0.2) is 0 Å². The fourth-order valence-electron chi connectivity index (χ4n) is 1.57. The van der Waals surface area contributed by atoms with Gasteiger partial charge in [0.2, 0.25) is 0 Å². The number of aliphatic carboxylic acids is 1. The quantitative estimate of drug-likeness (QED) is 0.864. The van der Waals surface area contributed by atoms with E-state index in [1.165, 1.54) is 0 Å². The Hall–Kier alpha value is -0.830. The van der Waals surface area contributed by atoms with E-state index in [0.717, 1.165) is 16.5 Å². The van der Waals surface area contributed by atoms with Crippen LogP contribution in [0.15, 0.2) is 28.7 Å². The van der Waals surface area contributed by atoms with Gasteiger partial charge in [-0.2, -0.15) is 0 Å². The van der Waals surface area contributed by atoms with Crippen molar-refractivity contribution in [2.24, 2.45) is 5.92 Å². The molecule has 2 rings (SSSR count). The van der Waals surface area contributed by atoms with Gasteiger partial charge in [-0.3, -0.25) is 4.79 Å². The average Bonchev–Trinajstić information content (AvgIpc) is 2.82. The summed E-state index contributed by atoms with van der Waals surface area (Å²) in [4.78, 5) is 10.6. The van der Waals surface area contributed by atoms with Crippen molar-refractivity contribution in [2.75, 3.05) is 0 Å². The van der Waals surface area contributed by atoms with Crippen LogP contribution < -0.4 is 0 Å². The van der Waals surface area contributed by atoms with E-state index in [9.17, 15) is 4.79 Å². The Morgan fingerprint density at radius 2 is 2.31 bits per heavy atom. The zero-order valence-electron chi connectivity index (χ0n) is 6.90. The first-order chi connectivity index (χ1) is 6.18. The molecule has 1 saturated carbocycles. The molecule has 1 aliphatic carbocycles. The summed E-state index contributed by atoms with van der Waals surface area (Å²) in [6, 6.07) is 7.87. The Kier molecular flexibility index (Phi) is 2.12. The smallest absolute Gasteiger partial charge is 0.307 e. The Labute approximate surface area is 84.7 Å². The lowest BCUT2D eigenvalue weighted by Crippen LogP contribution is -1.98. The molecule has 1 aliphatic rings. The highest BCUT2D eigenvalue weighted by atomic mass is 79.9. The predicted octanol–water partition coefficient (Wildman–Crippen LogP) is 2.64. The van der Waals surface area contributed by atoms with Crippen LogP contribution in [-0.2, 0) is 4.79 Å². The number of rotatable bonds is 2. The van der Waals surface area contributed by atoms with Gasteiger partial charge in [0, 0.05) is 4.47 Å². The summed E-state index contributed by atoms with van der Waals surface area (Å²) < 4.78 is 1.01.